The van der Waals surface area contributed by atoms with Gasteiger partial charge in [-0.2, -0.15) is 0 Å². The quantitative estimate of drug-likeness (QED) is 0.465. The van der Waals surface area contributed by atoms with Gasteiger partial charge in [0.1, 0.15) is 0 Å². The van der Waals surface area contributed by atoms with Crippen LogP contribution in [-0.4, -0.2) is 12.3 Å². The zero-order chi connectivity index (χ0) is 15.9. The molecule has 1 heterocycles. The SMILES string of the molecule is Cc1ccc(-c2ccccc2)cc1C1=C(O)C(C)(C)[I-]C1=O. The summed E-state index contributed by atoms with van der Waals surface area (Å²) in [5.41, 5.74) is 4.61. The van der Waals surface area contributed by atoms with Crippen molar-refractivity contribution in [3.05, 3.63) is 65.4 Å². The van der Waals surface area contributed by atoms with E-state index in [9.17, 15) is 9.90 Å². The number of allylic oxidation sites excluding steroid dienone is 2. The fraction of sp³-hybridized carbons (Fsp3) is 0.211. The van der Waals surface area contributed by atoms with Crippen molar-refractivity contribution < 1.29 is 31.1 Å². The minimum absolute atomic E-state index is 0.134. The van der Waals surface area contributed by atoms with Crippen LogP contribution in [0.2, 0.25) is 0 Å². The molecule has 114 valence electrons. The Labute approximate surface area is 141 Å². The third-order valence-corrected chi connectivity index (χ3v) is 6.82. The Hall–Kier alpha value is -1.62. The van der Waals surface area contributed by atoms with E-state index in [1.54, 1.807) is 0 Å². The van der Waals surface area contributed by atoms with E-state index in [0.717, 1.165) is 22.3 Å². The number of alkyl halides is 1. The topological polar surface area (TPSA) is 37.3 Å². The van der Waals surface area contributed by atoms with Crippen molar-refractivity contribution >= 4 is 9.36 Å². The van der Waals surface area contributed by atoms with Gasteiger partial charge >= 0.3 is 141 Å². The van der Waals surface area contributed by atoms with Crippen molar-refractivity contribution in [3.63, 3.8) is 0 Å². The van der Waals surface area contributed by atoms with Gasteiger partial charge < -0.3 is 0 Å². The maximum atomic E-state index is 12.4. The average molecular weight is 405 g/mol. The van der Waals surface area contributed by atoms with E-state index in [2.05, 4.69) is 18.2 Å². The first-order valence-corrected chi connectivity index (χ1v) is 9.36. The molecule has 3 rings (SSSR count). The molecular weight excluding hydrogens is 387 g/mol. The van der Waals surface area contributed by atoms with E-state index < -0.39 is 21.2 Å². The number of carbonyl (C=O) groups is 1. The van der Waals surface area contributed by atoms with Crippen LogP contribution in [0.3, 0.4) is 0 Å². The van der Waals surface area contributed by atoms with Crippen molar-refractivity contribution in [2.45, 2.75) is 24.2 Å². The van der Waals surface area contributed by atoms with Crippen LogP contribution in [0.1, 0.15) is 25.0 Å². The van der Waals surface area contributed by atoms with Crippen LogP contribution in [0, 0.1) is 6.92 Å². The van der Waals surface area contributed by atoms with Gasteiger partial charge in [-0.05, 0) is 0 Å². The summed E-state index contributed by atoms with van der Waals surface area (Å²) in [5, 5.41) is 10.5. The van der Waals surface area contributed by atoms with Crippen LogP contribution < -0.4 is 21.2 Å². The predicted molar refractivity (Wildman–Crippen MR) is 85.2 cm³/mol. The fourth-order valence-corrected chi connectivity index (χ4v) is 5.20. The van der Waals surface area contributed by atoms with Crippen molar-refractivity contribution in [1.29, 1.82) is 0 Å². The molecule has 1 N–H and O–H groups in total. The fourth-order valence-electron chi connectivity index (χ4n) is 2.63. The van der Waals surface area contributed by atoms with Gasteiger partial charge in [-0.25, -0.2) is 0 Å². The molecular formula is C19H18IO2-. The van der Waals surface area contributed by atoms with Crippen molar-refractivity contribution in [2.24, 2.45) is 0 Å². The molecule has 0 fully saturated rings. The zero-order valence-electron chi connectivity index (χ0n) is 12.9. The molecule has 1 aliphatic rings. The summed E-state index contributed by atoms with van der Waals surface area (Å²) >= 11 is -0.714. The Balaban J connectivity index is 2.16. The van der Waals surface area contributed by atoms with E-state index in [1.807, 2.05) is 51.1 Å². The third-order valence-electron chi connectivity index (χ3n) is 3.93. The van der Waals surface area contributed by atoms with Crippen LogP contribution in [0.15, 0.2) is 54.3 Å². The third kappa shape index (κ3) is 2.58. The molecule has 2 nitrogen and oxygen atoms in total. The second-order valence-corrected chi connectivity index (χ2v) is 10.2. The van der Waals surface area contributed by atoms with Gasteiger partial charge in [-0.15, -0.1) is 0 Å². The van der Waals surface area contributed by atoms with Gasteiger partial charge in [0, 0.05) is 0 Å². The summed E-state index contributed by atoms with van der Waals surface area (Å²) in [7, 11) is 0. The molecule has 0 aromatic heterocycles. The van der Waals surface area contributed by atoms with Crippen molar-refractivity contribution in [2.75, 3.05) is 0 Å². The monoisotopic (exact) mass is 405 g/mol. The number of aliphatic hydroxyl groups is 1. The molecule has 0 saturated heterocycles. The summed E-state index contributed by atoms with van der Waals surface area (Å²) in [6.45, 7) is 5.90. The maximum absolute atomic E-state index is 12.4. The summed E-state index contributed by atoms with van der Waals surface area (Å²) in [6, 6.07) is 16.2. The van der Waals surface area contributed by atoms with Gasteiger partial charge in [0.15, 0.2) is 0 Å². The number of benzene rings is 2. The average Bonchev–Trinajstić information content (AvgIpc) is 2.69. The molecule has 2 aromatic carbocycles. The number of aryl methyl sites for hydroxylation is 1. The molecule has 0 amide bonds. The summed E-state index contributed by atoms with van der Waals surface area (Å²) in [6.07, 6.45) is 0. The minimum atomic E-state index is -0.714. The molecule has 22 heavy (non-hydrogen) atoms. The number of halogens is 1. The number of hydrogen-bond donors (Lipinski definition) is 1. The standard InChI is InChI=1S/C19H18IO2/c1-12-9-10-14(13-7-5-4-6-8-13)11-15(12)16-17(21)19(2,3)20-18(16)22/h4-11,21H,1-3H3/q-1. The Morgan fingerprint density at radius 3 is 2.27 bits per heavy atom. The molecule has 0 radical (unpaired) electrons. The summed E-state index contributed by atoms with van der Waals surface area (Å²) in [4.78, 5) is 12.4. The number of hydrogen-bond acceptors (Lipinski definition) is 2. The van der Waals surface area contributed by atoms with E-state index in [1.165, 1.54) is 0 Å². The molecule has 0 saturated carbocycles. The number of aliphatic hydroxyl groups excluding tert-OH is 1. The second-order valence-electron chi connectivity index (χ2n) is 5.96. The number of carbonyl (C=O) groups excluding carboxylic acids is 1. The van der Waals surface area contributed by atoms with Crippen LogP contribution >= 0.6 is 0 Å². The molecule has 0 atom stereocenters. The van der Waals surface area contributed by atoms with E-state index in [4.69, 9.17) is 0 Å². The first-order valence-electron chi connectivity index (χ1n) is 7.20. The molecule has 0 aliphatic carbocycles. The van der Waals surface area contributed by atoms with Crippen LogP contribution in [0.25, 0.3) is 16.7 Å². The predicted octanol–water partition coefficient (Wildman–Crippen LogP) is 1.34. The van der Waals surface area contributed by atoms with Crippen LogP contribution in [0.4, 0.5) is 0 Å². The Kier molecular flexibility index (Phi) is 3.85. The molecule has 2 aromatic rings. The first-order chi connectivity index (χ1) is 10.4. The van der Waals surface area contributed by atoms with Gasteiger partial charge in [0.2, 0.25) is 0 Å². The van der Waals surface area contributed by atoms with Gasteiger partial charge in [-0.3, -0.25) is 0 Å². The van der Waals surface area contributed by atoms with Crippen molar-refractivity contribution in [3.8, 4) is 11.1 Å². The van der Waals surface area contributed by atoms with Crippen LogP contribution in [0.5, 0.6) is 0 Å². The molecule has 0 unspecified atom stereocenters. The summed E-state index contributed by atoms with van der Waals surface area (Å²) < 4.78 is -0.227. The second kappa shape index (κ2) is 5.54. The first kappa shape index (κ1) is 15.3. The Bertz CT molecular complexity index is 773. The summed E-state index contributed by atoms with van der Waals surface area (Å²) in [5.74, 6) is 0.263. The molecule has 0 bridgehead atoms. The molecule has 1 aliphatic heterocycles. The normalized spacial score (nSPS) is 17.5. The van der Waals surface area contributed by atoms with E-state index in [-0.39, 0.29) is 13.0 Å². The van der Waals surface area contributed by atoms with Crippen molar-refractivity contribution in [1.82, 2.24) is 0 Å². The zero-order valence-corrected chi connectivity index (χ0v) is 15.0. The number of rotatable bonds is 2. The van der Waals surface area contributed by atoms with E-state index in [0.29, 0.717) is 5.57 Å². The van der Waals surface area contributed by atoms with Gasteiger partial charge in [0.25, 0.3) is 0 Å². The van der Waals surface area contributed by atoms with Crippen LogP contribution in [-0.2, 0) is 4.79 Å². The Morgan fingerprint density at radius 1 is 1.00 bits per heavy atom. The molecule has 3 heteroatoms. The Morgan fingerprint density at radius 2 is 1.68 bits per heavy atom. The molecule has 0 spiro atoms. The van der Waals surface area contributed by atoms with E-state index >= 15 is 0 Å². The van der Waals surface area contributed by atoms with Gasteiger partial charge in [-0.1, -0.05) is 0 Å². The van der Waals surface area contributed by atoms with Gasteiger partial charge in [0.05, 0.1) is 0 Å².